The molecule has 0 spiro atoms. The highest BCUT2D eigenvalue weighted by Crippen LogP contribution is 2.21. The standard InChI is InChI=1S/C24H32N2O6S/c1-18-16-22(19(2)26(18)14-15-31-3)23(27)17-32-24(28)20-8-10-21(11-9-20)33(29,30)25-12-6-4-5-7-13-25/h8-11,16H,4-7,12-15,17H2,1-3H3. The van der Waals surface area contributed by atoms with Gasteiger partial charge in [0.25, 0.3) is 0 Å². The molecule has 2 aromatic rings. The van der Waals surface area contributed by atoms with Crippen molar-refractivity contribution in [2.24, 2.45) is 0 Å². The lowest BCUT2D eigenvalue weighted by atomic mass is 10.1. The fourth-order valence-corrected chi connectivity index (χ4v) is 5.61. The number of nitrogens with zero attached hydrogens (tertiary/aromatic N) is 2. The number of ketones is 1. The molecule has 9 heteroatoms. The van der Waals surface area contributed by atoms with Gasteiger partial charge in [0.05, 0.1) is 17.1 Å². The van der Waals surface area contributed by atoms with Gasteiger partial charge < -0.3 is 14.0 Å². The molecule has 0 radical (unpaired) electrons. The predicted octanol–water partition coefficient (Wildman–Crippen LogP) is 3.36. The number of hydrogen-bond donors (Lipinski definition) is 0. The van der Waals surface area contributed by atoms with Crippen molar-refractivity contribution in [3.05, 3.63) is 52.8 Å². The van der Waals surface area contributed by atoms with Crippen LogP contribution in [0.3, 0.4) is 0 Å². The monoisotopic (exact) mass is 476 g/mol. The van der Waals surface area contributed by atoms with E-state index in [2.05, 4.69) is 0 Å². The van der Waals surface area contributed by atoms with Crippen LogP contribution in [0, 0.1) is 13.8 Å². The van der Waals surface area contributed by atoms with Crippen molar-refractivity contribution >= 4 is 21.8 Å². The molecule has 0 unspecified atom stereocenters. The molecule has 0 saturated carbocycles. The Morgan fingerprint density at radius 3 is 2.24 bits per heavy atom. The highest BCUT2D eigenvalue weighted by Gasteiger charge is 2.25. The first kappa shape index (κ1) is 25.1. The maximum atomic E-state index is 12.9. The molecule has 180 valence electrons. The number of sulfonamides is 1. The summed E-state index contributed by atoms with van der Waals surface area (Å²) in [5.41, 5.74) is 2.44. The second-order valence-electron chi connectivity index (χ2n) is 8.27. The van der Waals surface area contributed by atoms with E-state index >= 15 is 0 Å². The number of hydrogen-bond acceptors (Lipinski definition) is 6. The van der Waals surface area contributed by atoms with Crippen LogP contribution in [0.15, 0.2) is 35.2 Å². The number of methoxy groups -OCH3 is 1. The van der Waals surface area contributed by atoms with E-state index in [1.54, 1.807) is 13.2 Å². The van der Waals surface area contributed by atoms with Crippen molar-refractivity contribution in [1.29, 1.82) is 0 Å². The lowest BCUT2D eigenvalue weighted by Gasteiger charge is -2.19. The molecule has 1 saturated heterocycles. The van der Waals surface area contributed by atoms with E-state index in [4.69, 9.17) is 9.47 Å². The summed E-state index contributed by atoms with van der Waals surface area (Å²) >= 11 is 0. The summed E-state index contributed by atoms with van der Waals surface area (Å²) in [7, 11) is -1.97. The number of carbonyl (C=O) groups is 2. The SMILES string of the molecule is COCCn1c(C)cc(C(=O)COC(=O)c2ccc(S(=O)(=O)N3CCCCCC3)cc2)c1C. The van der Waals surface area contributed by atoms with E-state index in [0.717, 1.165) is 37.1 Å². The van der Waals surface area contributed by atoms with E-state index in [-0.39, 0.29) is 22.8 Å². The molecule has 3 rings (SSSR count). The molecule has 1 fully saturated rings. The Bertz CT molecular complexity index is 1080. The Balaban J connectivity index is 1.62. The molecule has 1 aliphatic heterocycles. The first-order chi connectivity index (χ1) is 15.8. The maximum Gasteiger partial charge on any atom is 0.338 e. The second kappa shape index (κ2) is 11.1. The Morgan fingerprint density at radius 2 is 1.64 bits per heavy atom. The van der Waals surface area contributed by atoms with Crippen molar-refractivity contribution in [2.75, 3.05) is 33.4 Å². The van der Waals surface area contributed by atoms with E-state index in [9.17, 15) is 18.0 Å². The summed E-state index contributed by atoms with van der Waals surface area (Å²) in [4.78, 5) is 25.2. The van der Waals surface area contributed by atoms with Gasteiger partial charge in [-0.2, -0.15) is 4.31 Å². The van der Waals surface area contributed by atoms with Crippen molar-refractivity contribution in [2.45, 2.75) is 51.0 Å². The highest BCUT2D eigenvalue weighted by molar-refractivity contribution is 7.89. The Kier molecular flexibility index (Phi) is 8.45. The lowest BCUT2D eigenvalue weighted by Crippen LogP contribution is -2.31. The molecule has 33 heavy (non-hydrogen) atoms. The van der Waals surface area contributed by atoms with Gasteiger partial charge in [-0.05, 0) is 57.0 Å². The smallest absolute Gasteiger partial charge is 0.338 e. The van der Waals surface area contributed by atoms with Crippen LogP contribution in [0.1, 0.15) is 57.8 Å². The topological polar surface area (TPSA) is 94.9 Å². The van der Waals surface area contributed by atoms with Crippen LogP contribution >= 0.6 is 0 Å². The van der Waals surface area contributed by atoms with Crippen molar-refractivity contribution in [3.8, 4) is 0 Å². The third-order valence-corrected chi connectivity index (χ3v) is 7.93. The van der Waals surface area contributed by atoms with Gasteiger partial charge in [-0.25, -0.2) is 13.2 Å². The van der Waals surface area contributed by atoms with Gasteiger partial charge in [0.1, 0.15) is 0 Å². The molecule has 8 nitrogen and oxygen atoms in total. The molecular weight excluding hydrogens is 444 g/mol. The van der Waals surface area contributed by atoms with Gasteiger partial charge >= 0.3 is 5.97 Å². The van der Waals surface area contributed by atoms with Crippen LogP contribution in [0.5, 0.6) is 0 Å². The average Bonchev–Trinajstić information content (AvgIpc) is 2.98. The van der Waals surface area contributed by atoms with Crippen molar-refractivity contribution in [3.63, 3.8) is 0 Å². The number of aryl methyl sites for hydroxylation is 1. The van der Waals surface area contributed by atoms with Gasteiger partial charge in [-0.1, -0.05) is 12.8 Å². The first-order valence-electron chi connectivity index (χ1n) is 11.2. The predicted molar refractivity (Wildman–Crippen MR) is 124 cm³/mol. The Morgan fingerprint density at radius 1 is 1.00 bits per heavy atom. The van der Waals surface area contributed by atoms with Crippen LogP contribution in [0.25, 0.3) is 0 Å². The fourth-order valence-electron chi connectivity index (χ4n) is 4.10. The fraction of sp³-hybridized carbons (Fsp3) is 0.500. The number of carbonyl (C=O) groups excluding carboxylic acids is 2. The molecule has 0 atom stereocenters. The number of aromatic nitrogens is 1. The highest BCUT2D eigenvalue weighted by atomic mass is 32.2. The van der Waals surface area contributed by atoms with E-state index in [1.165, 1.54) is 28.6 Å². The van der Waals surface area contributed by atoms with Crippen LogP contribution < -0.4 is 0 Å². The summed E-state index contributed by atoms with van der Waals surface area (Å²) < 4.78 is 39.6. The Hall–Kier alpha value is -2.49. The molecule has 1 aliphatic rings. The zero-order chi connectivity index (χ0) is 24.0. The quantitative estimate of drug-likeness (QED) is 0.407. The molecule has 2 heterocycles. The molecular formula is C24H32N2O6S. The maximum absolute atomic E-state index is 12.9. The zero-order valence-corrected chi connectivity index (χ0v) is 20.3. The Labute approximate surface area is 195 Å². The summed E-state index contributed by atoms with van der Waals surface area (Å²) in [5.74, 6) is -0.962. The first-order valence-corrected chi connectivity index (χ1v) is 12.7. The number of rotatable bonds is 9. The summed E-state index contributed by atoms with van der Waals surface area (Å²) in [6.45, 7) is 5.56. The molecule has 0 bridgehead atoms. The minimum atomic E-state index is -3.59. The largest absolute Gasteiger partial charge is 0.454 e. The van der Waals surface area contributed by atoms with Gasteiger partial charge in [0, 0.05) is 43.7 Å². The lowest BCUT2D eigenvalue weighted by molar-refractivity contribution is 0.0474. The van der Waals surface area contributed by atoms with Crippen LogP contribution in [-0.2, 0) is 26.0 Å². The number of benzene rings is 1. The summed E-state index contributed by atoms with van der Waals surface area (Å²) in [5, 5.41) is 0. The summed E-state index contributed by atoms with van der Waals surface area (Å²) in [6.07, 6.45) is 3.78. The van der Waals surface area contributed by atoms with Gasteiger partial charge in [0.15, 0.2) is 6.61 Å². The van der Waals surface area contributed by atoms with Crippen molar-refractivity contribution < 1.29 is 27.5 Å². The van der Waals surface area contributed by atoms with E-state index in [1.807, 2.05) is 18.4 Å². The van der Waals surface area contributed by atoms with E-state index in [0.29, 0.717) is 31.8 Å². The van der Waals surface area contributed by atoms with Gasteiger partial charge in [0.2, 0.25) is 15.8 Å². The molecule has 0 N–H and O–H groups in total. The molecule has 1 aromatic heterocycles. The zero-order valence-electron chi connectivity index (χ0n) is 19.5. The van der Waals surface area contributed by atoms with Crippen LogP contribution in [-0.4, -0.2) is 62.5 Å². The van der Waals surface area contributed by atoms with Crippen molar-refractivity contribution in [1.82, 2.24) is 8.87 Å². The molecule has 0 amide bonds. The van der Waals surface area contributed by atoms with Gasteiger partial charge in [-0.3, -0.25) is 4.79 Å². The summed E-state index contributed by atoms with van der Waals surface area (Å²) in [6, 6.07) is 7.47. The van der Waals surface area contributed by atoms with Crippen LogP contribution in [0.4, 0.5) is 0 Å². The second-order valence-corrected chi connectivity index (χ2v) is 10.2. The van der Waals surface area contributed by atoms with Crippen LogP contribution in [0.2, 0.25) is 0 Å². The molecule has 1 aromatic carbocycles. The number of ether oxygens (including phenoxy) is 2. The normalized spacial score (nSPS) is 15.2. The minimum absolute atomic E-state index is 0.153. The van der Waals surface area contributed by atoms with Gasteiger partial charge in [-0.15, -0.1) is 0 Å². The third kappa shape index (κ3) is 5.90. The molecule has 0 aliphatic carbocycles. The number of esters is 1. The minimum Gasteiger partial charge on any atom is -0.454 e. The average molecular weight is 477 g/mol. The number of Topliss-reactive ketones (excluding diaryl/α,β-unsaturated/α-hetero) is 1. The van der Waals surface area contributed by atoms with E-state index < -0.39 is 16.0 Å². The third-order valence-electron chi connectivity index (χ3n) is 6.02.